The summed E-state index contributed by atoms with van der Waals surface area (Å²) in [7, 11) is 0. The van der Waals surface area contributed by atoms with E-state index in [9.17, 15) is 0 Å². The van der Waals surface area contributed by atoms with E-state index in [1.165, 1.54) is 82.7 Å². The van der Waals surface area contributed by atoms with Crippen molar-refractivity contribution in [2.75, 3.05) is 0 Å². The van der Waals surface area contributed by atoms with Gasteiger partial charge in [0.05, 0.1) is 22.1 Å². The van der Waals surface area contributed by atoms with E-state index in [0.29, 0.717) is 0 Å². The molecule has 2 aromatic heterocycles. The van der Waals surface area contributed by atoms with Crippen LogP contribution in [0.5, 0.6) is 0 Å². The van der Waals surface area contributed by atoms with Gasteiger partial charge in [-0.15, -0.1) is 0 Å². The highest BCUT2D eigenvalue weighted by Crippen LogP contribution is 2.39. The molecular weight excluding hydrogens is 605 g/mol. The van der Waals surface area contributed by atoms with Gasteiger partial charge in [0.25, 0.3) is 0 Å². The Kier molecular flexibility index (Phi) is 6.53. The zero-order chi connectivity index (χ0) is 33.0. The molecule has 0 unspecified atom stereocenters. The smallest absolute Gasteiger partial charge is 0.0541 e. The summed E-state index contributed by atoms with van der Waals surface area (Å²) in [4.78, 5) is 0. The molecule has 0 aliphatic heterocycles. The molecule has 2 heteroatoms. The third kappa shape index (κ3) is 4.57. The monoisotopic (exact) mass is 636 g/mol. The minimum atomic E-state index is 1.15. The molecule has 10 aromatic rings. The van der Waals surface area contributed by atoms with Crippen LogP contribution >= 0.6 is 0 Å². The van der Waals surface area contributed by atoms with Gasteiger partial charge in [0.2, 0.25) is 0 Å². The average Bonchev–Trinajstić information content (AvgIpc) is 3.71. The van der Waals surface area contributed by atoms with E-state index in [1.54, 1.807) is 0 Å². The minimum Gasteiger partial charge on any atom is -0.309 e. The molecule has 0 atom stereocenters. The van der Waals surface area contributed by atoms with Crippen LogP contribution in [-0.2, 0) is 0 Å². The lowest BCUT2D eigenvalue weighted by molar-refractivity contribution is 1.18. The van der Waals surface area contributed by atoms with E-state index >= 15 is 0 Å². The van der Waals surface area contributed by atoms with Gasteiger partial charge in [-0.1, -0.05) is 127 Å². The second-order valence-corrected chi connectivity index (χ2v) is 13.0. The fourth-order valence-electron chi connectivity index (χ4n) is 7.73. The summed E-state index contributed by atoms with van der Waals surface area (Å²) >= 11 is 0. The number of para-hydroxylation sites is 2. The summed E-state index contributed by atoms with van der Waals surface area (Å²) in [6.07, 6.45) is 0. The SMILES string of the molecule is c1ccc(-c2ccc(-n3c4ccc(-c5ccccc5)cc4c4cc(-c5ccc6c(c5)c5ccccc5n6-c5ccccc5)ccc43)cc2)cc1. The average molecular weight is 637 g/mol. The van der Waals surface area contributed by atoms with Gasteiger partial charge in [-0.2, -0.15) is 0 Å². The van der Waals surface area contributed by atoms with E-state index in [4.69, 9.17) is 0 Å². The van der Waals surface area contributed by atoms with Crippen molar-refractivity contribution in [3.63, 3.8) is 0 Å². The molecule has 0 aliphatic carbocycles. The van der Waals surface area contributed by atoms with Crippen LogP contribution in [0.4, 0.5) is 0 Å². The quantitative estimate of drug-likeness (QED) is 0.178. The molecule has 8 aromatic carbocycles. The van der Waals surface area contributed by atoms with E-state index < -0.39 is 0 Å². The second-order valence-electron chi connectivity index (χ2n) is 13.0. The molecule has 0 amide bonds. The fourth-order valence-corrected chi connectivity index (χ4v) is 7.73. The Morgan fingerprint density at radius 3 is 1.10 bits per heavy atom. The summed E-state index contributed by atoms with van der Waals surface area (Å²) < 4.78 is 4.79. The highest BCUT2D eigenvalue weighted by atomic mass is 15.0. The Morgan fingerprint density at radius 2 is 0.560 bits per heavy atom. The molecule has 0 fully saturated rings. The summed E-state index contributed by atoms with van der Waals surface area (Å²) in [6.45, 7) is 0. The van der Waals surface area contributed by atoms with Crippen LogP contribution < -0.4 is 0 Å². The predicted molar refractivity (Wildman–Crippen MR) is 211 cm³/mol. The predicted octanol–water partition coefficient (Wildman–Crippen LogP) is 12.9. The van der Waals surface area contributed by atoms with Crippen molar-refractivity contribution in [2.45, 2.75) is 0 Å². The first-order valence-electron chi connectivity index (χ1n) is 17.2. The van der Waals surface area contributed by atoms with Crippen LogP contribution in [0.1, 0.15) is 0 Å². The van der Waals surface area contributed by atoms with E-state index in [0.717, 1.165) is 5.69 Å². The van der Waals surface area contributed by atoms with Crippen LogP contribution in [0.25, 0.3) is 88.4 Å². The Balaban J connectivity index is 1.17. The van der Waals surface area contributed by atoms with Gasteiger partial charge in [-0.3, -0.25) is 0 Å². The summed E-state index contributed by atoms with van der Waals surface area (Å²) in [5.41, 5.74) is 14.5. The lowest BCUT2D eigenvalue weighted by Gasteiger charge is -2.10. The Hall–Kier alpha value is -6.64. The van der Waals surface area contributed by atoms with E-state index in [2.05, 4.69) is 203 Å². The van der Waals surface area contributed by atoms with Crippen molar-refractivity contribution < 1.29 is 0 Å². The molecule has 0 N–H and O–H groups in total. The lowest BCUT2D eigenvalue weighted by atomic mass is 9.99. The number of benzene rings is 8. The van der Waals surface area contributed by atoms with E-state index in [-0.39, 0.29) is 0 Å². The third-order valence-electron chi connectivity index (χ3n) is 10.1. The second kappa shape index (κ2) is 11.5. The van der Waals surface area contributed by atoms with Crippen LogP contribution in [0.2, 0.25) is 0 Å². The summed E-state index contributed by atoms with van der Waals surface area (Å²) in [5.74, 6) is 0. The van der Waals surface area contributed by atoms with Crippen LogP contribution in [0, 0.1) is 0 Å². The summed E-state index contributed by atoms with van der Waals surface area (Å²) in [6, 6.07) is 70.4. The Bertz CT molecular complexity index is 2820. The number of hydrogen-bond donors (Lipinski definition) is 0. The van der Waals surface area contributed by atoms with Crippen molar-refractivity contribution in [2.24, 2.45) is 0 Å². The molecule has 50 heavy (non-hydrogen) atoms. The van der Waals surface area contributed by atoms with Crippen LogP contribution in [0.15, 0.2) is 194 Å². The zero-order valence-corrected chi connectivity index (χ0v) is 27.4. The molecule has 234 valence electrons. The first-order chi connectivity index (χ1) is 24.8. The third-order valence-corrected chi connectivity index (χ3v) is 10.1. The van der Waals surface area contributed by atoms with Crippen molar-refractivity contribution in [1.29, 1.82) is 0 Å². The molecule has 0 saturated heterocycles. The maximum Gasteiger partial charge on any atom is 0.0541 e. The summed E-state index contributed by atoms with van der Waals surface area (Å²) in [5, 5.41) is 5.01. The lowest BCUT2D eigenvalue weighted by Crippen LogP contribution is -1.94. The highest BCUT2D eigenvalue weighted by Gasteiger charge is 2.17. The standard InChI is InChI=1S/C48H32N2/c1-4-12-33(13-5-1)35-20-25-40(26-21-35)50-47-27-22-36(34-14-6-2-7-15-34)30-43(47)44-32-38(24-29-48(44)50)37-23-28-46-42(31-37)41-18-10-11-19-45(41)49(46)39-16-8-3-9-17-39/h1-32H. The van der Waals surface area contributed by atoms with Crippen molar-refractivity contribution in [3.8, 4) is 44.8 Å². The Labute approximate surface area is 290 Å². The van der Waals surface area contributed by atoms with Gasteiger partial charge >= 0.3 is 0 Å². The highest BCUT2D eigenvalue weighted by molar-refractivity contribution is 6.13. The molecule has 2 heterocycles. The van der Waals surface area contributed by atoms with Gasteiger partial charge in [0, 0.05) is 32.9 Å². The number of hydrogen-bond acceptors (Lipinski definition) is 0. The van der Waals surface area contributed by atoms with Gasteiger partial charge in [0.15, 0.2) is 0 Å². The number of aromatic nitrogens is 2. The van der Waals surface area contributed by atoms with Gasteiger partial charge in [0.1, 0.15) is 0 Å². The molecule has 10 rings (SSSR count). The topological polar surface area (TPSA) is 9.86 Å². The molecule has 0 aliphatic rings. The molecule has 0 saturated carbocycles. The van der Waals surface area contributed by atoms with Crippen molar-refractivity contribution in [3.05, 3.63) is 194 Å². The fraction of sp³-hybridized carbons (Fsp3) is 0. The Morgan fingerprint density at radius 1 is 0.220 bits per heavy atom. The van der Waals surface area contributed by atoms with Crippen molar-refractivity contribution in [1.82, 2.24) is 9.13 Å². The van der Waals surface area contributed by atoms with Gasteiger partial charge in [-0.05, 0) is 100 Å². The van der Waals surface area contributed by atoms with Gasteiger partial charge < -0.3 is 9.13 Å². The number of rotatable bonds is 5. The first-order valence-corrected chi connectivity index (χ1v) is 17.2. The normalized spacial score (nSPS) is 11.6. The van der Waals surface area contributed by atoms with Crippen LogP contribution in [-0.4, -0.2) is 9.13 Å². The molecular formula is C48H32N2. The number of fused-ring (bicyclic) bond motifs is 6. The molecule has 2 nitrogen and oxygen atoms in total. The minimum absolute atomic E-state index is 1.15. The maximum atomic E-state index is 2.41. The molecule has 0 bridgehead atoms. The largest absolute Gasteiger partial charge is 0.309 e. The van der Waals surface area contributed by atoms with Crippen molar-refractivity contribution >= 4 is 43.6 Å². The van der Waals surface area contributed by atoms with Crippen LogP contribution in [0.3, 0.4) is 0 Å². The van der Waals surface area contributed by atoms with Gasteiger partial charge in [-0.25, -0.2) is 0 Å². The number of nitrogens with zero attached hydrogens (tertiary/aromatic N) is 2. The molecule has 0 radical (unpaired) electrons. The van der Waals surface area contributed by atoms with E-state index in [1.807, 2.05) is 0 Å². The zero-order valence-electron chi connectivity index (χ0n) is 27.4. The first kappa shape index (κ1) is 28.4. The maximum absolute atomic E-state index is 2.41. The molecule has 0 spiro atoms.